The molecule has 2 aliphatic rings. The van der Waals surface area contributed by atoms with Crippen LogP contribution < -0.4 is 4.90 Å². The fourth-order valence-electron chi connectivity index (χ4n) is 3.23. The molecule has 0 N–H and O–H groups in total. The van der Waals surface area contributed by atoms with E-state index in [0.29, 0.717) is 12.1 Å². The molecule has 2 unspecified atom stereocenters. The second-order valence-corrected chi connectivity index (χ2v) is 6.81. The number of ether oxygens (including phenoxy) is 1. The van der Waals surface area contributed by atoms with E-state index in [1.54, 1.807) is 3.97 Å². The van der Waals surface area contributed by atoms with Crippen LogP contribution in [0.25, 0.3) is 11.0 Å². The quantitative estimate of drug-likeness (QED) is 0.603. The predicted molar refractivity (Wildman–Crippen MR) is 86.9 cm³/mol. The standard InChI is InChI=1S/C13H14IN3OS/c14-12-5-16(19)13-11(12)3-10(4-15-13)17-8-1-2-9(17)7-18-6-8/h3-5,8-9,19H,1-2,6-7H2. The molecule has 0 aliphatic carbocycles. The lowest BCUT2D eigenvalue weighted by Crippen LogP contribution is -2.45. The number of nitrogens with zero attached hydrogens (tertiary/aromatic N) is 3. The summed E-state index contributed by atoms with van der Waals surface area (Å²) in [5.74, 6) is 0. The number of fused-ring (bicyclic) bond motifs is 3. The van der Waals surface area contributed by atoms with Crippen LogP contribution in [0.5, 0.6) is 0 Å². The largest absolute Gasteiger partial charge is 0.377 e. The van der Waals surface area contributed by atoms with Gasteiger partial charge >= 0.3 is 0 Å². The van der Waals surface area contributed by atoms with Crippen LogP contribution in [0.3, 0.4) is 0 Å². The van der Waals surface area contributed by atoms with Crippen molar-refractivity contribution in [2.24, 2.45) is 0 Å². The molecule has 100 valence electrons. The minimum Gasteiger partial charge on any atom is -0.377 e. The molecule has 4 rings (SSSR count). The van der Waals surface area contributed by atoms with Crippen LogP contribution in [-0.4, -0.2) is 34.3 Å². The monoisotopic (exact) mass is 387 g/mol. The fraction of sp³-hybridized carbons (Fsp3) is 0.462. The Morgan fingerprint density at radius 2 is 2.05 bits per heavy atom. The van der Waals surface area contributed by atoms with Gasteiger partial charge in [-0.15, -0.1) is 0 Å². The first-order valence-electron chi connectivity index (χ1n) is 6.46. The van der Waals surface area contributed by atoms with Crippen LogP contribution in [0, 0.1) is 3.57 Å². The van der Waals surface area contributed by atoms with Gasteiger partial charge in [0.25, 0.3) is 0 Å². The Kier molecular flexibility index (Phi) is 2.93. The lowest BCUT2D eigenvalue weighted by molar-refractivity contribution is 0.0906. The lowest BCUT2D eigenvalue weighted by Gasteiger charge is -2.36. The zero-order chi connectivity index (χ0) is 13.0. The van der Waals surface area contributed by atoms with Crippen molar-refractivity contribution < 1.29 is 4.74 Å². The van der Waals surface area contributed by atoms with E-state index < -0.39 is 0 Å². The van der Waals surface area contributed by atoms with Crippen LogP contribution in [0.4, 0.5) is 5.69 Å². The van der Waals surface area contributed by atoms with Gasteiger partial charge in [0.05, 0.1) is 37.2 Å². The molecule has 2 saturated heterocycles. The number of aromatic nitrogens is 2. The molecule has 4 heterocycles. The van der Waals surface area contributed by atoms with Gasteiger partial charge < -0.3 is 9.64 Å². The minimum atomic E-state index is 0.522. The molecule has 0 aromatic carbocycles. The highest BCUT2D eigenvalue weighted by atomic mass is 127. The van der Waals surface area contributed by atoms with Gasteiger partial charge in [0.2, 0.25) is 0 Å². The summed E-state index contributed by atoms with van der Waals surface area (Å²) in [6, 6.07) is 3.29. The van der Waals surface area contributed by atoms with Gasteiger partial charge in [-0.3, -0.25) is 3.97 Å². The number of pyridine rings is 1. The molecule has 4 nitrogen and oxygen atoms in total. The number of thiol groups is 1. The SMILES string of the molecule is Sn1cc(I)c2cc(N3C4CCC3COC4)cnc21. The van der Waals surface area contributed by atoms with Crippen molar-refractivity contribution in [3.63, 3.8) is 0 Å². The summed E-state index contributed by atoms with van der Waals surface area (Å²) in [7, 11) is 0. The molecule has 0 radical (unpaired) electrons. The van der Waals surface area contributed by atoms with Crippen LogP contribution in [-0.2, 0) is 4.74 Å². The molecule has 2 aliphatic heterocycles. The maximum atomic E-state index is 5.64. The first-order chi connectivity index (χ1) is 9.24. The van der Waals surface area contributed by atoms with Gasteiger partial charge in [0, 0.05) is 15.2 Å². The Labute approximate surface area is 130 Å². The topological polar surface area (TPSA) is 30.3 Å². The van der Waals surface area contributed by atoms with E-state index in [1.807, 2.05) is 12.4 Å². The van der Waals surface area contributed by atoms with E-state index in [0.717, 1.165) is 18.9 Å². The van der Waals surface area contributed by atoms with Crippen molar-refractivity contribution in [2.45, 2.75) is 24.9 Å². The van der Waals surface area contributed by atoms with Crippen molar-refractivity contribution in [1.82, 2.24) is 8.96 Å². The highest BCUT2D eigenvalue weighted by molar-refractivity contribution is 14.1. The van der Waals surface area contributed by atoms with E-state index in [1.165, 1.54) is 27.5 Å². The molecule has 2 aromatic rings. The number of morpholine rings is 1. The zero-order valence-electron chi connectivity index (χ0n) is 10.3. The molecule has 19 heavy (non-hydrogen) atoms. The maximum absolute atomic E-state index is 5.64. The molecule has 2 fully saturated rings. The smallest absolute Gasteiger partial charge is 0.150 e. The lowest BCUT2D eigenvalue weighted by atomic mass is 10.2. The summed E-state index contributed by atoms with van der Waals surface area (Å²) in [4.78, 5) is 7.07. The summed E-state index contributed by atoms with van der Waals surface area (Å²) < 4.78 is 8.62. The van der Waals surface area contributed by atoms with Gasteiger partial charge in [-0.05, 0) is 41.5 Å². The van der Waals surface area contributed by atoms with Crippen LogP contribution in [0.1, 0.15) is 12.8 Å². The van der Waals surface area contributed by atoms with E-state index >= 15 is 0 Å². The summed E-state index contributed by atoms with van der Waals surface area (Å²) in [5.41, 5.74) is 2.15. The van der Waals surface area contributed by atoms with Crippen LogP contribution >= 0.6 is 35.4 Å². The summed E-state index contributed by atoms with van der Waals surface area (Å²) in [6.45, 7) is 1.69. The van der Waals surface area contributed by atoms with Gasteiger partial charge in [-0.2, -0.15) is 0 Å². The molecule has 2 aromatic heterocycles. The number of rotatable bonds is 1. The average Bonchev–Trinajstić information content (AvgIpc) is 2.83. The second-order valence-electron chi connectivity index (χ2n) is 5.22. The van der Waals surface area contributed by atoms with Crippen molar-refractivity contribution in [1.29, 1.82) is 0 Å². The van der Waals surface area contributed by atoms with Gasteiger partial charge in [-0.1, -0.05) is 12.8 Å². The second kappa shape index (κ2) is 4.53. The summed E-state index contributed by atoms with van der Waals surface area (Å²) in [5, 5.41) is 1.18. The molecular weight excluding hydrogens is 373 g/mol. The summed E-state index contributed by atoms with van der Waals surface area (Å²) in [6.07, 6.45) is 6.43. The Balaban J connectivity index is 1.81. The van der Waals surface area contributed by atoms with Crippen LogP contribution in [0.2, 0.25) is 0 Å². The van der Waals surface area contributed by atoms with E-state index in [2.05, 4.69) is 51.4 Å². The molecule has 2 bridgehead atoms. The fourth-order valence-corrected chi connectivity index (χ4v) is 4.40. The Bertz CT molecular complexity index is 628. The van der Waals surface area contributed by atoms with E-state index in [4.69, 9.17) is 4.74 Å². The average molecular weight is 387 g/mol. The molecule has 6 heteroatoms. The Morgan fingerprint density at radius 3 is 2.79 bits per heavy atom. The van der Waals surface area contributed by atoms with Crippen molar-refractivity contribution in [3.8, 4) is 0 Å². The highest BCUT2D eigenvalue weighted by Gasteiger charge is 2.37. The van der Waals surface area contributed by atoms with Gasteiger partial charge in [-0.25, -0.2) is 4.98 Å². The Hall–Kier alpha value is -0.470. The van der Waals surface area contributed by atoms with E-state index in [9.17, 15) is 0 Å². The van der Waals surface area contributed by atoms with E-state index in [-0.39, 0.29) is 0 Å². The maximum Gasteiger partial charge on any atom is 0.150 e. The molecule has 2 atom stereocenters. The van der Waals surface area contributed by atoms with Crippen molar-refractivity contribution in [2.75, 3.05) is 18.1 Å². The first-order valence-corrected chi connectivity index (χ1v) is 7.94. The number of hydrogen-bond acceptors (Lipinski definition) is 4. The number of halogens is 1. The first kappa shape index (κ1) is 12.3. The van der Waals surface area contributed by atoms with Crippen molar-refractivity contribution in [3.05, 3.63) is 22.0 Å². The van der Waals surface area contributed by atoms with Gasteiger partial charge in [0.1, 0.15) is 0 Å². The van der Waals surface area contributed by atoms with Gasteiger partial charge in [0.15, 0.2) is 5.65 Å². The molecule has 0 spiro atoms. The number of anilines is 1. The normalized spacial score (nSPS) is 26.3. The third-order valence-corrected chi connectivity index (χ3v) is 5.27. The molecular formula is C13H14IN3OS. The van der Waals surface area contributed by atoms with Crippen molar-refractivity contribution >= 4 is 52.1 Å². The zero-order valence-corrected chi connectivity index (χ0v) is 13.3. The minimum absolute atomic E-state index is 0.522. The summed E-state index contributed by atoms with van der Waals surface area (Å²) >= 11 is 6.74. The molecule has 0 amide bonds. The highest BCUT2D eigenvalue weighted by Crippen LogP contribution is 2.35. The third kappa shape index (κ3) is 1.87. The Morgan fingerprint density at radius 1 is 1.32 bits per heavy atom. The number of hydrogen-bond donors (Lipinski definition) is 1. The van der Waals surface area contributed by atoms with Crippen LogP contribution in [0.15, 0.2) is 18.5 Å². The molecule has 0 saturated carbocycles. The third-order valence-electron chi connectivity index (χ3n) is 4.10. The predicted octanol–water partition coefficient (Wildman–Crippen LogP) is 2.70.